The molecule has 18 heavy (non-hydrogen) atoms. The van der Waals surface area contributed by atoms with Crippen molar-refractivity contribution in [3.63, 3.8) is 0 Å². The van der Waals surface area contributed by atoms with Crippen LogP contribution in [0.4, 0.5) is 0 Å². The van der Waals surface area contributed by atoms with Crippen molar-refractivity contribution in [1.29, 1.82) is 0 Å². The summed E-state index contributed by atoms with van der Waals surface area (Å²) in [4.78, 5) is 0. The van der Waals surface area contributed by atoms with E-state index in [1.807, 2.05) is 24.3 Å². The molecule has 1 N–H and O–H groups in total. The SMILES string of the molecule is Clc1ccccc1OC1(CCNC2CC2)CCC1. The molecule has 0 heterocycles. The largest absolute Gasteiger partial charge is 0.486 e. The maximum atomic E-state index is 6.20. The molecular weight excluding hydrogens is 246 g/mol. The Morgan fingerprint density at radius 2 is 2.06 bits per heavy atom. The Labute approximate surface area is 114 Å². The average Bonchev–Trinajstić information content (AvgIpc) is 3.12. The Hall–Kier alpha value is -0.730. The van der Waals surface area contributed by atoms with E-state index >= 15 is 0 Å². The Balaban J connectivity index is 1.58. The summed E-state index contributed by atoms with van der Waals surface area (Å²) in [6, 6.07) is 8.57. The van der Waals surface area contributed by atoms with Crippen molar-refractivity contribution in [2.45, 2.75) is 50.2 Å². The van der Waals surface area contributed by atoms with Crippen molar-refractivity contribution < 1.29 is 4.74 Å². The fourth-order valence-corrected chi connectivity index (χ4v) is 2.70. The Kier molecular flexibility index (Phi) is 3.49. The normalized spacial score (nSPS) is 21.4. The second-order valence-electron chi connectivity index (χ2n) is 5.55. The van der Waals surface area contributed by atoms with Crippen molar-refractivity contribution in [2.75, 3.05) is 6.54 Å². The van der Waals surface area contributed by atoms with Gasteiger partial charge in [0.05, 0.1) is 5.02 Å². The molecule has 0 aromatic heterocycles. The van der Waals surface area contributed by atoms with Crippen LogP contribution in [-0.2, 0) is 0 Å². The van der Waals surface area contributed by atoms with Gasteiger partial charge in [0.2, 0.25) is 0 Å². The zero-order valence-electron chi connectivity index (χ0n) is 10.6. The number of benzene rings is 1. The molecule has 1 aromatic rings. The maximum Gasteiger partial charge on any atom is 0.138 e. The van der Waals surface area contributed by atoms with E-state index in [-0.39, 0.29) is 5.60 Å². The predicted octanol–water partition coefficient (Wildman–Crippen LogP) is 3.78. The molecule has 2 fully saturated rings. The van der Waals surface area contributed by atoms with E-state index in [2.05, 4.69) is 5.32 Å². The lowest BCUT2D eigenvalue weighted by atomic mass is 9.77. The smallest absolute Gasteiger partial charge is 0.138 e. The molecule has 1 aromatic carbocycles. The van der Waals surface area contributed by atoms with Crippen LogP contribution >= 0.6 is 11.6 Å². The summed E-state index contributed by atoms with van der Waals surface area (Å²) in [5.41, 5.74) is 0.0346. The third kappa shape index (κ3) is 2.81. The van der Waals surface area contributed by atoms with E-state index in [9.17, 15) is 0 Å². The van der Waals surface area contributed by atoms with Crippen LogP contribution in [0.2, 0.25) is 5.02 Å². The number of halogens is 1. The van der Waals surface area contributed by atoms with Gasteiger partial charge in [-0.2, -0.15) is 0 Å². The molecule has 2 aliphatic carbocycles. The van der Waals surface area contributed by atoms with E-state index < -0.39 is 0 Å². The van der Waals surface area contributed by atoms with Gasteiger partial charge in [-0.05, 0) is 57.2 Å². The van der Waals surface area contributed by atoms with Gasteiger partial charge in [-0.1, -0.05) is 23.7 Å². The van der Waals surface area contributed by atoms with Gasteiger partial charge in [0.1, 0.15) is 11.4 Å². The van der Waals surface area contributed by atoms with Crippen molar-refractivity contribution in [2.24, 2.45) is 0 Å². The van der Waals surface area contributed by atoms with Gasteiger partial charge < -0.3 is 10.1 Å². The van der Waals surface area contributed by atoms with E-state index in [1.54, 1.807) is 0 Å². The van der Waals surface area contributed by atoms with E-state index in [1.165, 1.54) is 19.3 Å². The van der Waals surface area contributed by atoms with Gasteiger partial charge in [-0.3, -0.25) is 0 Å². The first-order valence-corrected chi connectivity index (χ1v) is 7.32. The second kappa shape index (κ2) is 5.10. The summed E-state index contributed by atoms with van der Waals surface area (Å²) in [6.45, 7) is 1.06. The molecule has 2 aliphatic rings. The minimum Gasteiger partial charge on any atom is -0.486 e. The fourth-order valence-electron chi connectivity index (χ4n) is 2.53. The van der Waals surface area contributed by atoms with Gasteiger partial charge >= 0.3 is 0 Å². The van der Waals surface area contributed by atoms with Crippen LogP contribution in [0.3, 0.4) is 0 Å². The summed E-state index contributed by atoms with van der Waals surface area (Å²) in [5, 5.41) is 4.29. The average molecular weight is 266 g/mol. The van der Waals surface area contributed by atoms with Crippen molar-refractivity contribution in [3.8, 4) is 5.75 Å². The molecule has 0 unspecified atom stereocenters. The molecule has 2 nitrogen and oxygen atoms in total. The Morgan fingerprint density at radius 1 is 1.28 bits per heavy atom. The summed E-state index contributed by atoms with van der Waals surface area (Å²) in [5.74, 6) is 0.838. The number of para-hydroxylation sites is 1. The predicted molar refractivity (Wildman–Crippen MR) is 74.3 cm³/mol. The van der Waals surface area contributed by atoms with Crippen LogP contribution in [0.25, 0.3) is 0 Å². The molecule has 3 heteroatoms. The number of hydrogen-bond acceptors (Lipinski definition) is 2. The third-order valence-corrected chi connectivity index (χ3v) is 4.33. The third-order valence-electron chi connectivity index (χ3n) is 4.02. The highest BCUT2D eigenvalue weighted by molar-refractivity contribution is 6.32. The first-order chi connectivity index (χ1) is 8.77. The molecule has 0 aliphatic heterocycles. The van der Waals surface area contributed by atoms with E-state index in [0.717, 1.165) is 42.6 Å². The van der Waals surface area contributed by atoms with Crippen LogP contribution < -0.4 is 10.1 Å². The van der Waals surface area contributed by atoms with Gasteiger partial charge in [0.15, 0.2) is 0 Å². The summed E-state index contributed by atoms with van der Waals surface area (Å²) in [6.07, 6.45) is 7.37. The minimum absolute atomic E-state index is 0.0346. The lowest BCUT2D eigenvalue weighted by Crippen LogP contribution is -2.45. The van der Waals surface area contributed by atoms with Crippen LogP contribution in [0, 0.1) is 0 Å². The lowest BCUT2D eigenvalue weighted by molar-refractivity contribution is -0.0142. The van der Waals surface area contributed by atoms with Crippen LogP contribution in [0.5, 0.6) is 5.75 Å². The van der Waals surface area contributed by atoms with Crippen LogP contribution in [0.15, 0.2) is 24.3 Å². The topological polar surface area (TPSA) is 21.3 Å². The quantitative estimate of drug-likeness (QED) is 0.845. The molecule has 0 bridgehead atoms. The molecular formula is C15H20ClNO. The number of rotatable bonds is 6. The van der Waals surface area contributed by atoms with Gasteiger partial charge in [0, 0.05) is 6.04 Å². The number of nitrogens with one attached hydrogen (secondary N) is 1. The first-order valence-electron chi connectivity index (χ1n) is 6.94. The zero-order chi connectivity index (χ0) is 12.4. The van der Waals surface area contributed by atoms with Crippen LogP contribution in [-0.4, -0.2) is 18.2 Å². The molecule has 3 rings (SSSR count). The Bertz CT molecular complexity index is 413. The van der Waals surface area contributed by atoms with Crippen LogP contribution in [0.1, 0.15) is 38.5 Å². The van der Waals surface area contributed by atoms with Crippen molar-refractivity contribution in [3.05, 3.63) is 29.3 Å². The van der Waals surface area contributed by atoms with E-state index in [0.29, 0.717) is 0 Å². The van der Waals surface area contributed by atoms with Crippen molar-refractivity contribution >= 4 is 11.6 Å². The maximum absolute atomic E-state index is 6.20. The highest BCUT2D eigenvalue weighted by Crippen LogP contribution is 2.41. The summed E-state index contributed by atoms with van der Waals surface area (Å²) >= 11 is 6.17. The Morgan fingerprint density at radius 3 is 2.67 bits per heavy atom. The molecule has 2 saturated carbocycles. The number of hydrogen-bond donors (Lipinski definition) is 1. The standard InChI is InChI=1S/C15H20ClNO/c16-13-4-1-2-5-14(13)18-15(8-3-9-15)10-11-17-12-6-7-12/h1-2,4-5,12,17H,3,6-11H2. The second-order valence-corrected chi connectivity index (χ2v) is 5.95. The minimum atomic E-state index is 0.0346. The monoisotopic (exact) mass is 265 g/mol. The molecule has 0 spiro atoms. The highest BCUT2D eigenvalue weighted by atomic mass is 35.5. The van der Waals surface area contributed by atoms with Crippen molar-refractivity contribution in [1.82, 2.24) is 5.32 Å². The first kappa shape index (κ1) is 12.3. The van der Waals surface area contributed by atoms with Gasteiger partial charge in [-0.15, -0.1) is 0 Å². The zero-order valence-corrected chi connectivity index (χ0v) is 11.4. The fraction of sp³-hybridized carbons (Fsp3) is 0.600. The summed E-state index contributed by atoms with van der Waals surface area (Å²) in [7, 11) is 0. The van der Waals surface area contributed by atoms with Gasteiger partial charge in [-0.25, -0.2) is 0 Å². The lowest BCUT2D eigenvalue weighted by Gasteiger charge is -2.42. The molecule has 98 valence electrons. The molecule has 0 atom stereocenters. The molecule has 0 saturated heterocycles. The molecule has 0 amide bonds. The summed E-state index contributed by atoms with van der Waals surface area (Å²) < 4.78 is 6.20. The number of ether oxygens (including phenoxy) is 1. The van der Waals surface area contributed by atoms with Gasteiger partial charge in [0.25, 0.3) is 0 Å². The van der Waals surface area contributed by atoms with E-state index in [4.69, 9.17) is 16.3 Å². The molecule has 0 radical (unpaired) electrons. The highest BCUT2D eigenvalue weighted by Gasteiger charge is 2.39.